The van der Waals surface area contributed by atoms with Crippen molar-refractivity contribution in [3.8, 4) is 0 Å². The van der Waals surface area contributed by atoms with E-state index in [0.29, 0.717) is 13.3 Å². The lowest BCUT2D eigenvalue weighted by molar-refractivity contribution is -0.0364. The Balaban J connectivity index is 2.06. The van der Waals surface area contributed by atoms with Gasteiger partial charge in [-0.2, -0.15) is 0 Å². The van der Waals surface area contributed by atoms with Gasteiger partial charge >= 0.3 is 6.03 Å². The molecule has 1 aromatic heterocycles. The van der Waals surface area contributed by atoms with E-state index in [1.165, 1.54) is 0 Å². The quantitative estimate of drug-likeness (QED) is 0.547. The number of ether oxygens (including phenoxy) is 1. The Morgan fingerprint density at radius 2 is 2.12 bits per heavy atom. The fraction of sp³-hybridized carbons (Fsp3) is 0.778. The van der Waals surface area contributed by atoms with E-state index in [-0.39, 0.29) is 17.5 Å². The average Bonchev–Trinajstić information content (AvgIpc) is 2.94. The van der Waals surface area contributed by atoms with Gasteiger partial charge in [-0.15, -0.1) is 0 Å². The predicted molar refractivity (Wildman–Crippen MR) is 103 cm³/mol. The van der Waals surface area contributed by atoms with Crippen LogP contribution >= 0.6 is 0 Å². The summed E-state index contributed by atoms with van der Waals surface area (Å²) in [7, 11) is 0.759. The molecule has 1 aliphatic rings. The lowest BCUT2D eigenvalue weighted by atomic mass is 9.74. The highest BCUT2D eigenvalue weighted by atomic mass is 28.3. The second kappa shape index (κ2) is 7.49. The number of likely N-dealkylation sites (tertiary alicyclic amines) is 1. The van der Waals surface area contributed by atoms with Crippen LogP contribution in [-0.2, 0) is 11.5 Å². The van der Waals surface area contributed by atoms with Crippen LogP contribution in [0.2, 0.25) is 25.7 Å². The molecule has 0 aromatic carbocycles. The van der Waals surface area contributed by atoms with Crippen molar-refractivity contribution in [2.45, 2.75) is 59.2 Å². The third-order valence-electron chi connectivity index (χ3n) is 4.90. The van der Waals surface area contributed by atoms with Crippen LogP contribution in [0.5, 0.6) is 0 Å². The molecule has 142 valence electrons. The summed E-state index contributed by atoms with van der Waals surface area (Å²) in [6.07, 6.45) is 3.75. The molecule has 1 aliphatic heterocycles. The molecule has 25 heavy (non-hydrogen) atoms. The minimum absolute atomic E-state index is 0.00964. The minimum atomic E-state index is -1.08. The molecule has 1 aromatic rings. The molecule has 0 N–H and O–H groups in total. The molecule has 7 heteroatoms. The van der Waals surface area contributed by atoms with Crippen molar-refractivity contribution < 1.29 is 9.53 Å². The lowest BCUT2D eigenvalue weighted by Crippen LogP contribution is -2.61. The van der Waals surface area contributed by atoms with Crippen LogP contribution < -0.4 is 0 Å². The van der Waals surface area contributed by atoms with E-state index in [1.807, 2.05) is 29.6 Å². The van der Waals surface area contributed by atoms with Gasteiger partial charge in [-0.25, -0.2) is 9.78 Å². The molecule has 0 aliphatic carbocycles. The van der Waals surface area contributed by atoms with Crippen LogP contribution in [0.4, 0.5) is 4.79 Å². The van der Waals surface area contributed by atoms with Crippen molar-refractivity contribution in [3.05, 3.63) is 18.2 Å². The van der Waals surface area contributed by atoms with Gasteiger partial charge in [0.25, 0.3) is 0 Å². The first-order valence-electron chi connectivity index (χ1n) is 9.17. The van der Waals surface area contributed by atoms with Gasteiger partial charge in [0, 0.05) is 52.6 Å². The third kappa shape index (κ3) is 4.64. The number of hydrogen-bond donors (Lipinski definition) is 0. The Labute approximate surface area is 153 Å². The molecule has 1 unspecified atom stereocenters. The zero-order chi connectivity index (χ0) is 18.8. The molecule has 2 heterocycles. The van der Waals surface area contributed by atoms with Crippen LogP contribution in [-0.4, -0.2) is 60.2 Å². The Bertz CT molecular complexity index is 594. The number of rotatable bonds is 7. The molecule has 0 radical (unpaired) electrons. The van der Waals surface area contributed by atoms with Crippen molar-refractivity contribution in [1.82, 2.24) is 19.4 Å². The minimum Gasteiger partial charge on any atom is -0.361 e. The van der Waals surface area contributed by atoms with Gasteiger partial charge in [-0.1, -0.05) is 33.5 Å². The molecular formula is C18H34N4O2Si. The van der Waals surface area contributed by atoms with Gasteiger partial charge in [0.15, 0.2) is 0 Å². The topological polar surface area (TPSA) is 50.6 Å². The number of amides is 2. The number of carbonyl (C=O) groups is 1. The summed E-state index contributed by atoms with van der Waals surface area (Å²) in [6, 6.07) is 1.21. The first kappa shape index (κ1) is 20.0. The summed E-state index contributed by atoms with van der Waals surface area (Å²) in [5.74, 6) is 0.919. The average molecular weight is 367 g/mol. The number of carbonyl (C=O) groups excluding carboxylic acids is 1. The van der Waals surface area contributed by atoms with E-state index in [9.17, 15) is 4.79 Å². The summed E-state index contributed by atoms with van der Waals surface area (Å²) in [4.78, 5) is 20.8. The molecule has 0 saturated carbocycles. The molecule has 0 spiro atoms. The Morgan fingerprint density at radius 3 is 2.68 bits per heavy atom. The summed E-state index contributed by atoms with van der Waals surface area (Å²) in [5.41, 5.74) is 0.0195. The lowest BCUT2D eigenvalue weighted by Gasteiger charge is -2.54. The highest BCUT2D eigenvalue weighted by Gasteiger charge is 2.51. The number of nitrogens with zero attached hydrogens (tertiary/aromatic N) is 4. The van der Waals surface area contributed by atoms with E-state index >= 15 is 0 Å². The van der Waals surface area contributed by atoms with Crippen molar-refractivity contribution in [1.29, 1.82) is 0 Å². The normalized spacial score (nSPS) is 19.6. The fourth-order valence-corrected chi connectivity index (χ4v) is 3.92. The molecule has 2 rings (SSSR count). The molecule has 0 bridgehead atoms. The first-order valence-corrected chi connectivity index (χ1v) is 12.9. The molecular weight excluding hydrogens is 332 g/mol. The van der Waals surface area contributed by atoms with Gasteiger partial charge in [0.1, 0.15) is 12.6 Å². The zero-order valence-electron chi connectivity index (χ0n) is 16.9. The summed E-state index contributed by atoms with van der Waals surface area (Å²) >= 11 is 0. The Kier molecular flexibility index (Phi) is 5.99. The highest BCUT2D eigenvalue weighted by Crippen LogP contribution is 2.48. The van der Waals surface area contributed by atoms with Crippen molar-refractivity contribution >= 4 is 14.1 Å². The highest BCUT2D eigenvalue weighted by molar-refractivity contribution is 6.76. The predicted octanol–water partition coefficient (Wildman–Crippen LogP) is 3.65. The SMILES string of the molecule is CCN(C)C(=O)N1CC(C)(C)C1c1nccn1COCC[Si](C)(C)C. The second-order valence-corrected chi connectivity index (χ2v) is 14.5. The monoisotopic (exact) mass is 366 g/mol. The zero-order valence-corrected chi connectivity index (χ0v) is 17.9. The van der Waals surface area contributed by atoms with E-state index in [1.54, 1.807) is 11.1 Å². The van der Waals surface area contributed by atoms with E-state index in [0.717, 1.165) is 25.0 Å². The molecule has 1 saturated heterocycles. The fourth-order valence-electron chi connectivity index (χ4n) is 3.17. The van der Waals surface area contributed by atoms with E-state index < -0.39 is 8.07 Å². The number of urea groups is 1. The Morgan fingerprint density at radius 1 is 1.44 bits per heavy atom. The van der Waals surface area contributed by atoms with Crippen LogP contribution in [0.15, 0.2) is 12.4 Å². The first-order chi connectivity index (χ1) is 11.6. The largest absolute Gasteiger partial charge is 0.361 e. The maximum atomic E-state index is 12.6. The number of aromatic nitrogens is 2. The standard InChI is InChI=1S/C18H34N4O2Si/c1-8-20(4)17(23)22-13-18(2,3)15(22)16-19-9-10-21(16)14-24-11-12-25(5,6)7/h9-10,15H,8,11-14H2,1-7H3. The molecule has 6 nitrogen and oxygen atoms in total. The van der Waals surface area contributed by atoms with E-state index in [4.69, 9.17) is 4.74 Å². The summed E-state index contributed by atoms with van der Waals surface area (Å²) < 4.78 is 7.93. The van der Waals surface area contributed by atoms with Crippen LogP contribution in [0.1, 0.15) is 32.6 Å². The van der Waals surface area contributed by atoms with Crippen LogP contribution in [0, 0.1) is 5.41 Å². The van der Waals surface area contributed by atoms with Gasteiger partial charge in [-0.05, 0) is 13.0 Å². The van der Waals surface area contributed by atoms with E-state index in [2.05, 4.69) is 38.5 Å². The third-order valence-corrected chi connectivity index (χ3v) is 6.60. The van der Waals surface area contributed by atoms with Gasteiger partial charge in [0.05, 0.1) is 6.04 Å². The maximum absolute atomic E-state index is 12.6. The van der Waals surface area contributed by atoms with Crippen molar-refractivity contribution in [2.24, 2.45) is 5.41 Å². The maximum Gasteiger partial charge on any atom is 0.320 e. The Hall–Kier alpha value is -1.34. The number of hydrogen-bond acceptors (Lipinski definition) is 3. The van der Waals surface area contributed by atoms with Gasteiger partial charge < -0.3 is 19.1 Å². The molecule has 1 fully saturated rings. The second-order valence-electron chi connectivity index (χ2n) is 8.92. The van der Waals surface area contributed by atoms with Crippen LogP contribution in [0.3, 0.4) is 0 Å². The van der Waals surface area contributed by atoms with Crippen molar-refractivity contribution in [2.75, 3.05) is 26.7 Å². The van der Waals surface area contributed by atoms with Gasteiger partial charge in [-0.3, -0.25) is 0 Å². The smallest absolute Gasteiger partial charge is 0.320 e. The summed E-state index contributed by atoms with van der Waals surface area (Å²) in [6.45, 7) is 16.2. The van der Waals surface area contributed by atoms with Gasteiger partial charge in [0.2, 0.25) is 0 Å². The summed E-state index contributed by atoms with van der Waals surface area (Å²) in [5, 5.41) is 0. The van der Waals surface area contributed by atoms with Crippen molar-refractivity contribution in [3.63, 3.8) is 0 Å². The van der Waals surface area contributed by atoms with Crippen LogP contribution in [0.25, 0.3) is 0 Å². The molecule has 2 amide bonds. The number of imidazole rings is 1. The molecule has 1 atom stereocenters.